The number of nitrogens with two attached hydrogens (primary N) is 1. The molecule has 2 heterocycles. The molecule has 0 saturated heterocycles. The number of anilines is 1. The summed E-state index contributed by atoms with van der Waals surface area (Å²) in [6, 6.07) is 12.5. The van der Waals surface area contributed by atoms with Gasteiger partial charge in [-0.2, -0.15) is 0 Å². The van der Waals surface area contributed by atoms with Crippen LogP contribution in [0.1, 0.15) is 11.4 Å². The molecule has 0 fully saturated rings. The topological polar surface area (TPSA) is 127 Å². The summed E-state index contributed by atoms with van der Waals surface area (Å²) in [5, 5.41) is 9.73. The van der Waals surface area contributed by atoms with Crippen LogP contribution in [0.4, 0.5) is 14.6 Å². The van der Waals surface area contributed by atoms with E-state index in [2.05, 4.69) is 15.1 Å². The van der Waals surface area contributed by atoms with Crippen molar-refractivity contribution >= 4 is 50.1 Å². The maximum atomic E-state index is 14.2. The summed E-state index contributed by atoms with van der Waals surface area (Å²) < 4.78 is 52.4. The Morgan fingerprint density at radius 2 is 1.68 bits per heavy atom. The number of nitrogens with zero attached hydrogens (tertiary/aromatic N) is 4. The van der Waals surface area contributed by atoms with Gasteiger partial charge in [0.1, 0.15) is 28.5 Å². The van der Waals surface area contributed by atoms with Crippen molar-refractivity contribution in [1.29, 1.82) is 0 Å². The fourth-order valence-electron chi connectivity index (χ4n) is 4.23. The number of aromatic amines is 1. The number of fused-ring (bicyclic) bond motifs is 1. The summed E-state index contributed by atoms with van der Waals surface area (Å²) in [5.41, 5.74) is 1.35. The number of primary sulfonamides is 1. The summed E-state index contributed by atoms with van der Waals surface area (Å²) in [6.07, 6.45) is 0.200. The molecule has 14 heteroatoms. The number of sulfonamides is 1. The van der Waals surface area contributed by atoms with Crippen molar-refractivity contribution in [2.75, 3.05) is 19.0 Å². The van der Waals surface area contributed by atoms with E-state index in [4.69, 9.17) is 28.3 Å². The van der Waals surface area contributed by atoms with Gasteiger partial charge in [0.2, 0.25) is 10.0 Å². The molecule has 40 heavy (non-hydrogen) atoms. The fraction of sp³-hybridized carbons (Fsp3) is 0.115. The van der Waals surface area contributed by atoms with Crippen LogP contribution in [0, 0.1) is 11.6 Å². The van der Waals surface area contributed by atoms with E-state index < -0.39 is 27.2 Å². The van der Waals surface area contributed by atoms with Crippen molar-refractivity contribution in [2.24, 2.45) is 5.14 Å². The smallest absolute Gasteiger partial charge is 0.264 e. The van der Waals surface area contributed by atoms with Gasteiger partial charge in [0, 0.05) is 32.1 Å². The van der Waals surface area contributed by atoms with Crippen molar-refractivity contribution in [3.05, 3.63) is 98.0 Å². The zero-order valence-corrected chi connectivity index (χ0v) is 23.2. The molecule has 5 aromatic rings. The van der Waals surface area contributed by atoms with Gasteiger partial charge < -0.3 is 9.88 Å². The van der Waals surface area contributed by atoms with E-state index in [1.807, 2.05) is 0 Å². The van der Waals surface area contributed by atoms with Gasteiger partial charge in [-0.15, -0.1) is 5.10 Å². The van der Waals surface area contributed by atoms with Crippen LogP contribution in [0.15, 0.2) is 64.3 Å². The Morgan fingerprint density at radius 3 is 2.25 bits per heavy atom. The Balaban J connectivity index is 1.59. The SMILES string of the molecule is CN(C)c1nn(-c2c(Cl)cc(S(N)(=O)=O)cc2Cl)c2nc(Cc3ccc(-c4ccc(F)cc4F)cc3)[nH]c(=O)c12. The monoisotopic (exact) mass is 604 g/mol. The van der Waals surface area contributed by atoms with E-state index in [1.165, 1.54) is 16.8 Å². The van der Waals surface area contributed by atoms with Gasteiger partial charge in [0.25, 0.3) is 5.56 Å². The average molecular weight is 605 g/mol. The third kappa shape index (κ3) is 5.18. The van der Waals surface area contributed by atoms with E-state index in [9.17, 15) is 22.0 Å². The number of halogens is 4. The lowest BCUT2D eigenvalue weighted by Crippen LogP contribution is -2.16. The highest BCUT2D eigenvalue weighted by Gasteiger charge is 2.24. The van der Waals surface area contributed by atoms with Crippen molar-refractivity contribution in [3.63, 3.8) is 0 Å². The lowest BCUT2D eigenvalue weighted by Gasteiger charge is -2.11. The molecular weight excluding hydrogens is 585 g/mol. The van der Waals surface area contributed by atoms with Crippen LogP contribution in [0.25, 0.3) is 27.8 Å². The molecule has 0 radical (unpaired) electrons. The number of hydrogen-bond donors (Lipinski definition) is 2. The minimum atomic E-state index is -4.09. The Kier molecular flexibility index (Phi) is 7.13. The van der Waals surface area contributed by atoms with Gasteiger partial charge in [0.05, 0.1) is 14.9 Å². The largest absolute Gasteiger partial charge is 0.361 e. The Morgan fingerprint density at radius 1 is 1.02 bits per heavy atom. The van der Waals surface area contributed by atoms with E-state index in [-0.39, 0.29) is 55.3 Å². The summed E-state index contributed by atoms with van der Waals surface area (Å²) >= 11 is 12.8. The Hall–Kier alpha value is -3.84. The number of aromatic nitrogens is 4. The predicted molar refractivity (Wildman–Crippen MR) is 150 cm³/mol. The molecule has 5 rings (SSSR count). The summed E-state index contributed by atoms with van der Waals surface area (Å²) in [5.74, 6) is -0.770. The first-order valence-electron chi connectivity index (χ1n) is 11.6. The molecule has 0 aliphatic carbocycles. The highest BCUT2D eigenvalue weighted by molar-refractivity contribution is 7.89. The number of benzene rings is 3. The second kappa shape index (κ2) is 10.3. The van der Waals surface area contributed by atoms with E-state index in [0.717, 1.165) is 23.8 Å². The van der Waals surface area contributed by atoms with Crippen LogP contribution in [-0.2, 0) is 16.4 Å². The van der Waals surface area contributed by atoms with Gasteiger partial charge >= 0.3 is 0 Å². The van der Waals surface area contributed by atoms with Gasteiger partial charge in [-0.1, -0.05) is 47.5 Å². The molecule has 0 aliphatic heterocycles. The van der Waals surface area contributed by atoms with Gasteiger partial charge in [-0.25, -0.2) is 32.0 Å². The number of nitrogens with one attached hydrogen (secondary N) is 1. The van der Waals surface area contributed by atoms with Gasteiger partial charge in [-0.3, -0.25) is 4.79 Å². The predicted octanol–water partition coefficient (Wildman–Crippen LogP) is 4.67. The Bertz CT molecular complexity index is 1940. The highest BCUT2D eigenvalue weighted by atomic mass is 35.5. The molecule has 0 saturated carbocycles. The summed E-state index contributed by atoms with van der Waals surface area (Å²) in [6.45, 7) is 0. The van der Waals surface area contributed by atoms with Crippen LogP contribution < -0.4 is 15.6 Å². The number of H-pyrrole nitrogens is 1. The van der Waals surface area contributed by atoms with Gasteiger partial charge in [-0.05, 0) is 35.4 Å². The van der Waals surface area contributed by atoms with Crippen LogP contribution >= 0.6 is 23.2 Å². The summed E-state index contributed by atoms with van der Waals surface area (Å²) in [4.78, 5) is 21.9. The molecule has 9 nitrogen and oxygen atoms in total. The molecule has 3 N–H and O–H groups in total. The van der Waals surface area contributed by atoms with Crippen LogP contribution in [-0.4, -0.2) is 42.3 Å². The van der Waals surface area contributed by atoms with Crippen LogP contribution in [0.5, 0.6) is 0 Å². The zero-order valence-electron chi connectivity index (χ0n) is 20.9. The lowest BCUT2D eigenvalue weighted by atomic mass is 10.0. The molecule has 0 aliphatic rings. The first-order valence-corrected chi connectivity index (χ1v) is 13.9. The molecule has 0 unspecified atom stereocenters. The molecule has 2 aromatic heterocycles. The van der Waals surface area contributed by atoms with Crippen LogP contribution in [0.2, 0.25) is 10.0 Å². The maximum absolute atomic E-state index is 14.2. The minimum Gasteiger partial charge on any atom is -0.361 e. The molecule has 3 aromatic carbocycles. The standard InChI is InChI=1S/C26H20Cl2F2N6O3S/c1-35(2)25-22-24(36(34-25)23-18(27)11-16(12-19(23)28)40(31,38)39)32-21(33-26(22)37)9-13-3-5-14(6-4-13)17-8-7-15(29)10-20(17)30/h3-8,10-12H,9H2,1-2H3,(H2,31,38,39)(H,32,33,37). The molecule has 0 spiro atoms. The fourth-order valence-corrected chi connectivity index (χ4v) is 5.58. The Labute approximate surface area is 236 Å². The lowest BCUT2D eigenvalue weighted by molar-refractivity contribution is 0.585. The highest BCUT2D eigenvalue weighted by Crippen LogP contribution is 2.34. The molecule has 0 bridgehead atoms. The van der Waals surface area contributed by atoms with Crippen LogP contribution in [0.3, 0.4) is 0 Å². The van der Waals surface area contributed by atoms with E-state index in [1.54, 1.807) is 43.3 Å². The molecule has 0 amide bonds. The van der Waals surface area contributed by atoms with Crippen molar-refractivity contribution < 1.29 is 17.2 Å². The molecule has 206 valence electrons. The van der Waals surface area contributed by atoms with Crippen molar-refractivity contribution in [1.82, 2.24) is 19.7 Å². The third-order valence-electron chi connectivity index (χ3n) is 6.09. The normalized spacial score (nSPS) is 11.8. The molecule has 0 atom stereocenters. The first kappa shape index (κ1) is 27.7. The second-order valence-corrected chi connectivity index (χ2v) is 11.5. The third-order valence-corrected chi connectivity index (χ3v) is 7.56. The number of hydrogen-bond acceptors (Lipinski definition) is 6. The average Bonchev–Trinajstić information content (AvgIpc) is 3.24. The summed E-state index contributed by atoms with van der Waals surface area (Å²) in [7, 11) is -0.700. The van der Waals surface area contributed by atoms with Crippen molar-refractivity contribution in [3.8, 4) is 16.8 Å². The quantitative estimate of drug-likeness (QED) is 0.290. The van der Waals surface area contributed by atoms with E-state index in [0.29, 0.717) is 5.56 Å². The van der Waals surface area contributed by atoms with E-state index >= 15 is 0 Å². The maximum Gasteiger partial charge on any atom is 0.264 e. The number of rotatable bonds is 6. The minimum absolute atomic E-state index is 0.0709. The van der Waals surface area contributed by atoms with Crippen molar-refractivity contribution in [2.45, 2.75) is 11.3 Å². The first-order chi connectivity index (χ1) is 18.8. The zero-order chi connectivity index (χ0) is 28.9. The van der Waals surface area contributed by atoms with Gasteiger partial charge in [0.15, 0.2) is 11.5 Å². The molecular formula is C26H20Cl2F2N6O3S. The second-order valence-electron chi connectivity index (χ2n) is 9.12.